The summed E-state index contributed by atoms with van der Waals surface area (Å²) in [6.07, 6.45) is 6.48. The molecule has 0 radical (unpaired) electrons. The number of benzene rings is 1. The summed E-state index contributed by atoms with van der Waals surface area (Å²) in [6, 6.07) is 15.8. The van der Waals surface area contributed by atoms with E-state index in [9.17, 15) is 4.79 Å². The SMILES string of the molecule is Nc1cc(N2CC(Cc3ccccc3)(C(=O)NCCc3cccnc3)C2)ncn1. The fourth-order valence-corrected chi connectivity index (χ4v) is 3.76. The summed E-state index contributed by atoms with van der Waals surface area (Å²) in [5.41, 5.74) is 7.55. The van der Waals surface area contributed by atoms with Gasteiger partial charge in [0.2, 0.25) is 5.91 Å². The number of rotatable bonds is 7. The molecule has 7 heteroatoms. The van der Waals surface area contributed by atoms with Gasteiger partial charge in [-0.1, -0.05) is 36.4 Å². The summed E-state index contributed by atoms with van der Waals surface area (Å²) >= 11 is 0. The second kappa shape index (κ2) is 8.26. The van der Waals surface area contributed by atoms with Crippen molar-refractivity contribution in [2.24, 2.45) is 5.41 Å². The van der Waals surface area contributed by atoms with Crippen molar-refractivity contribution in [3.8, 4) is 0 Å². The zero-order valence-corrected chi connectivity index (χ0v) is 16.2. The van der Waals surface area contributed by atoms with Gasteiger partial charge in [0.05, 0.1) is 5.41 Å². The molecule has 0 aliphatic carbocycles. The molecule has 3 aromatic rings. The third-order valence-corrected chi connectivity index (χ3v) is 5.27. The predicted molar refractivity (Wildman–Crippen MR) is 112 cm³/mol. The number of hydrogen-bond acceptors (Lipinski definition) is 6. The molecule has 1 aliphatic rings. The Morgan fingerprint density at radius 1 is 1.10 bits per heavy atom. The summed E-state index contributed by atoms with van der Waals surface area (Å²) in [4.78, 5) is 27.6. The maximum atomic E-state index is 13.2. The van der Waals surface area contributed by atoms with Gasteiger partial charge in [0.25, 0.3) is 0 Å². The van der Waals surface area contributed by atoms with E-state index in [1.165, 1.54) is 6.33 Å². The molecule has 1 fully saturated rings. The third-order valence-electron chi connectivity index (χ3n) is 5.27. The lowest BCUT2D eigenvalue weighted by Gasteiger charge is -2.49. The van der Waals surface area contributed by atoms with E-state index >= 15 is 0 Å². The number of aromatic nitrogens is 3. The van der Waals surface area contributed by atoms with E-state index < -0.39 is 5.41 Å². The minimum Gasteiger partial charge on any atom is -0.384 e. The number of anilines is 2. The number of carbonyl (C=O) groups excluding carboxylic acids is 1. The topological polar surface area (TPSA) is 97.0 Å². The van der Waals surface area contributed by atoms with Gasteiger partial charge in [0.1, 0.15) is 18.0 Å². The van der Waals surface area contributed by atoms with Gasteiger partial charge in [0.15, 0.2) is 0 Å². The van der Waals surface area contributed by atoms with Crippen LogP contribution in [0.5, 0.6) is 0 Å². The van der Waals surface area contributed by atoms with Crippen molar-refractivity contribution in [2.45, 2.75) is 12.8 Å². The van der Waals surface area contributed by atoms with E-state index in [4.69, 9.17) is 5.73 Å². The largest absolute Gasteiger partial charge is 0.384 e. The molecule has 0 unspecified atom stereocenters. The molecule has 0 bridgehead atoms. The van der Waals surface area contributed by atoms with Crippen LogP contribution in [0.4, 0.5) is 11.6 Å². The van der Waals surface area contributed by atoms with Gasteiger partial charge < -0.3 is 16.0 Å². The van der Waals surface area contributed by atoms with Crippen LogP contribution in [-0.4, -0.2) is 40.5 Å². The van der Waals surface area contributed by atoms with Crippen LogP contribution in [-0.2, 0) is 17.6 Å². The number of nitrogen functional groups attached to an aromatic ring is 1. The van der Waals surface area contributed by atoms with Crippen LogP contribution in [0.15, 0.2) is 67.3 Å². The molecule has 0 saturated carbocycles. The average Bonchev–Trinajstić information content (AvgIpc) is 2.72. The van der Waals surface area contributed by atoms with Crippen molar-refractivity contribution in [2.75, 3.05) is 30.3 Å². The van der Waals surface area contributed by atoms with Crippen LogP contribution in [0.3, 0.4) is 0 Å². The summed E-state index contributed by atoms with van der Waals surface area (Å²) in [6.45, 7) is 1.77. The molecule has 1 saturated heterocycles. The number of carbonyl (C=O) groups is 1. The molecule has 2 aromatic heterocycles. The van der Waals surface area contributed by atoms with Gasteiger partial charge in [-0.05, 0) is 30.0 Å². The Bertz CT molecular complexity index is 957. The number of nitrogens with two attached hydrogens (primary N) is 1. The highest BCUT2D eigenvalue weighted by molar-refractivity contribution is 5.86. The molecule has 1 amide bonds. The first-order chi connectivity index (χ1) is 14.1. The van der Waals surface area contributed by atoms with Crippen LogP contribution in [0.25, 0.3) is 0 Å². The summed E-state index contributed by atoms with van der Waals surface area (Å²) in [5.74, 6) is 1.25. The molecular weight excluding hydrogens is 364 g/mol. The third kappa shape index (κ3) is 4.34. The lowest BCUT2D eigenvalue weighted by atomic mass is 9.73. The number of amides is 1. The smallest absolute Gasteiger partial charge is 0.230 e. The average molecular weight is 388 g/mol. The maximum Gasteiger partial charge on any atom is 0.230 e. The van der Waals surface area contributed by atoms with Crippen LogP contribution in [0.1, 0.15) is 11.1 Å². The van der Waals surface area contributed by atoms with Crippen molar-refractivity contribution in [1.29, 1.82) is 0 Å². The Labute approximate surface area is 170 Å². The monoisotopic (exact) mass is 388 g/mol. The Morgan fingerprint density at radius 3 is 2.62 bits per heavy atom. The van der Waals surface area contributed by atoms with E-state index in [2.05, 4.69) is 37.3 Å². The van der Waals surface area contributed by atoms with E-state index in [1.54, 1.807) is 12.3 Å². The van der Waals surface area contributed by atoms with Gasteiger partial charge in [-0.25, -0.2) is 9.97 Å². The standard InChI is InChI=1S/C22H24N6O/c23-19-11-20(27-16-26-19)28-14-22(15-28,12-17-5-2-1-3-6-17)21(29)25-10-8-18-7-4-9-24-13-18/h1-7,9,11,13,16H,8,10,12,14-15H2,(H,25,29)(H2,23,26,27). The fraction of sp³-hybridized carbons (Fsp3) is 0.273. The molecule has 0 spiro atoms. The van der Waals surface area contributed by atoms with Crippen molar-refractivity contribution in [3.63, 3.8) is 0 Å². The van der Waals surface area contributed by atoms with E-state index in [1.807, 2.05) is 36.5 Å². The van der Waals surface area contributed by atoms with Gasteiger partial charge in [0, 0.05) is 38.1 Å². The second-order valence-corrected chi connectivity index (χ2v) is 7.47. The lowest BCUT2D eigenvalue weighted by molar-refractivity contribution is -0.132. The quantitative estimate of drug-likeness (QED) is 0.641. The molecule has 7 nitrogen and oxygen atoms in total. The number of hydrogen-bond donors (Lipinski definition) is 2. The minimum atomic E-state index is -0.490. The highest BCUT2D eigenvalue weighted by atomic mass is 16.2. The van der Waals surface area contributed by atoms with Crippen LogP contribution < -0.4 is 16.0 Å². The number of pyridine rings is 1. The van der Waals surface area contributed by atoms with Gasteiger partial charge in [-0.2, -0.15) is 0 Å². The molecule has 3 heterocycles. The Kier molecular flexibility index (Phi) is 5.37. The Hall–Kier alpha value is -3.48. The maximum absolute atomic E-state index is 13.2. The van der Waals surface area contributed by atoms with Crippen LogP contribution >= 0.6 is 0 Å². The second-order valence-electron chi connectivity index (χ2n) is 7.47. The molecule has 0 atom stereocenters. The summed E-state index contributed by atoms with van der Waals surface area (Å²) in [5, 5.41) is 3.13. The van der Waals surface area contributed by atoms with Crippen molar-refractivity contribution in [3.05, 3.63) is 78.4 Å². The molecular formula is C22H24N6O. The van der Waals surface area contributed by atoms with Gasteiger partial charge in [-0.15, -0.1) is 0 Å². The molecule has 29 heavy (non-hydrogen) atoms. The highest BCUT2D eigenvalue weighted by Gasteiger charge is 2.49. The highest BCUT2D eigenvalue weighted by Crippen LogP contribution is 2.37. The van der Waals surface area contributed by atoms with Crippen molar-refractivity contribution >= 4 is 17.5 Å². The van der Waals surface area contributed by atoms with E-state index in [0.717, 1.165) is 23.4 Å². The zero-order chi connectivity index (χ0) is 20.1. The normalized spacial score (nSPS) is 14.8. The number of nitrogens with one attached hydrogen (secondary N) is 1. The molecule has 1 aliphatic heterocycles. The first kappa shape index (κ1) is 18.9. The first-order valence-electron chi connectivity index (χ1n) is 9.68. The number of nitrogens with zero attached hydrogens (tertiary/aromatic N) is 4. The van der Waals surface area contributed by atoms with Crippen LogP contribution in [0.2, 0.25) is 0 Å². The summed E-state index contributed by atoms with van der Waals surface area (Å²) < 4.78 is 0. The zero-order valence-electron chi connectivity index (χ0n) is 16.2. The Morgan fingerprint density at radius 2 is 1.90 bits per heavy atom. The molecule has 1 aromatic carbocycles. The van der Waals surface area contributed by atoms with E-state index in [-0.39, 0.29) is 5.91 Å². The van der Waals surface area contributed by atoms with Crippen LogP contribution in [0, 0.1) is 5.41 Å². The van der Waals surface area contributed by atoms with Gasteiger partial charge in [-0.3, -0.25) is 9.78 Å². The molecule has 3 N–H and O–H groups in total. The first-order valence-corrected chi connectivity index (χ1v) is 9.68. The fourth-order valence-electron chi connectivity index (χ4n) is 3.76. The predicted octanol–water partition coefficient (Wildman–Crippen LogP) is 1.86. The molecule has 4 rings (SSSR count). The van der Waals surface area contributed by atoms with Crippen molar-refractivity contribution in [1.82, 2.24) is 20.3 Å². The van der Waals surface area contributed by atoms with E-state index in [0.29, 0.717) is 31.9 Å². The molecule has 148 valence electrons. The Balaban J connectivity index is 1.45. The van der Waals surface area contributed by atoms with Crippen molar-refractivity contribution < 1.29 is 4.79 Å². The van der Waals surface area contributed by atoms with Gasteiger partial charge >= 0.3 is 0 Å². The minimum absolute atomic E-state index is 0.0727. The lowest BCUT2D eigenvalue weighted by Crippen LogP contribution is -2.64. The summed E-state index contributed by atoms with van der Waals surface area (Å²) in [7, 11) is 0.